The molecular weight excluding hydrogens is 1050 g/mol. The molecule has 19 N–H and O–H groups in total. The van der Waals surface area contributed by atoms with Crippen molar-refractivity contribution in [3.05, 3.63) is 34.4 Å². The van der Waals surface area contributed by atoms with Gasteiger partial charge in [0.25, 0.3) is 5.69 Å². The van der Waals surface area contributed by atoms with Gasteiger partial charge in [-0.05, 0) is 12.1 Å². The maximum atomic E-state index is 11.2. The number of nitro benzene ring substituents is 1. The number of aromatic hydroxyl groups is 1. The lowest BCUT2D eigenvalue weighted by Gasteiger charge is -2.50. The van der Waals surface area contributed by atoms with Gasteiger partial charge < -0.3 is 154 Å². The van der Waals surface area contributed by atoms with Gasteiger partial charge in [0, 0.05) is 12.1 Å². The quantitative estimate of drug-likeness (QED) is 0.0890. The van der Waals surface area contributed by atoms with Crippen LogP contribution in [-0.4, -0.2) is 326 Å². The van der Waals surface area contributed by atoms with Gasteiger partial charge in [-0.3, -0.25) is 10.1 Å². The van der Waals surface area contributed by atoms with E-state index in [9.17, 15) is 102 Å². The van der Waals surface area contributed by atoms with Crippen LogP contribution in [0, 0.1) is 10.1 Å². The molecule has 30 atom stereocenters. The molecule has 34 heteroatoms. The second kappa shape index (κ2) is 26.2. The predicted octanol–water partition coefficient (Wildman–Crippen LogP) is -11.8. The maximum absolute atomic E-state index is 11.2. The van der Waals surface area contributed by atoms with Crippen LogP contribution in [0.25, 0.3) is 0 Å². The first-order valence-corrected chi connectivity index (χ1v) is 23.7. The van der Waals surface area contributed by atoms with Gasteiger partial charge in [-0.15, -0.1) is 0 Å². The minimum Gasteiger partial charge on any atom is -0.508 e. The van der Waals surface area contributed by atoms with Crippen molar-refractivity contribution in [2.75, 3.05) is 39.6 Å². The largest absolute Gasteiger partial charge is 0.508 e. The number of aliphatic hydroxyl groups excluding tert-OH is 18. The number of benzene rings is 1. The number of hydrogen-bond acceptors (Lipinski definition) is 33. The molecule has 23 rings (SSSR count). The Bertz CT molecular complexity index is 1680. The summed E-state index contributed by atoms with van der Waals surface area (Å²) in [6.07, 6.45) is -58.5. The van der Waals surface area contributed by atoms with Crippen molar-refractivity contribution in [3.8, 4) is 5.75 Å². The van der Waals surface area contributed by atoms with Crippen molar-refractivity contribution in [2.45, 2.75) is 184 Å². The van der Waals surface area contributed by atoms with Gasteiger partial charge in [0.05, 0.1) is 44.6 Å². The zero-order valence-electron chi connectivity index (χ0n) is 39.5. The average Bonchev–Trinajstić information content (AvgIpc) is 3.41. The Morgan fingerprint density at radius 2 is 0.487 bits per heavy atom. The van der Waals surface area contributed by atoms with E-state index >= 15 is 0 Å². The fraction of sp³-hybridized carbons (Fsp3) is 0.857. The van der Waals surface area contributed by atoms with Crippen LogP contribution in [-0.2, 0) is 56.8 Å². The molecule has 76 heavy (non-hydrogen) atoms. The van der Waals surface area contributed by atoms with Gasteiger partial charge in [-0.25, -0.2) is 0 Å². The molecule has 0 radical (unpaired) electrons. The van der Waals surface area contributed by atoms with E-state index < -0.39 is 229 Å². The van der Waals surface area contributed by atoms with E-state index in [1.807, 2.05) is 0 Å². The van der Waals surface area contributed by atoms with Gasteiger partial charge in [-0.1, -0.05) is 0 Å². The molecule has 1 aromatic rings. The summed E-state index contributed by atoms with van der Waals surface area (Å²) in [5.41, 5.74) is -0.0159. The Kier molecular flexibility index (Phi) is 21.0. The summed E-state index contributed by atoms with van der Waals surface area (Å²) in [5.74, 6) is 0.0330. The third-order valence-electron chi connectivity index (χ3n) is 13.7. The number of ether oxygens (including phenoxy) is 12. The number of rotatable bonds is 7. The van der Waals surface area contributed by atoms with Crippen molar-refractivity contribution in [1.82, 2.24) is 0 Å². The van der Waals surface area contributed by atoms with E-state index in [0.717, 1.165) is 0 Å². The number of phenolic OH excluding ortho intramolecular Hbond substituents is 1. The monoisotopic (exact) mass is 1110 g/mol. The maximum Gasteiger partial charge on any atom is 0.269 e. The van der Waals surface area contributed by atoms with Crippen molar-refractivity contribution in [1.29, 1.82) is 0 Å². The molecule has 0 amide bonds. The minimum absolute atomic E-state index is 0.0159. The standard InChI is InChI=1S/C36H60O30.C6H5NO3/c37-1-7-25-13(43)19(49)31(55-7)62-26-8(2-38)57-33(21(51)15(26)45)64-28-10(4-40)59-35(23(53)17(28)47)66-30-12(6-42)60-36(24(54)18(30)48)65-29-11(5-41)58-34(22(52)16(29)46)63-27-9(3-39)56-32(61-25)20(50)14(27)44;8-6-3-1-5(2-4-6)7(9)10/h7-54H,1-6H2;1-4,8H/t7-,8-,9-,10-,11-,12-,13-,14-,15-,16-,17-,18-,19-,20-,21-,22-,23-,24-,25-,26-,27-,28-,29-,30-,31-,32-,33-,34-,35-,36-;/m1./s1. The molecule has 22 aliphatic rings. The third-order valence-corrected chi connectivity index (χ3v) is 13.7. The molecule has 0 spiro atoms. The normalized spacial score (nSPS) is 49.3. The topological polar surface area (TPSA) is 538 Å². The van der Waals surface area contributed by atoms with Crippen LogP contribution < -0.4 is 0 Å². The average molecular weight is 1110 g/mol. The Morgan fingerprint density at radius 1 is 0.316 bits per heavy atom. The highest BCUT2D eigenvalue weighted by Gasteiger charge is 2.58. The fourth-order valence-electron chi connectivity index (χ4n) is 9.50. The van der Waals surface area contributed by atoms with Crippen molar-refractivity contribution in [2.24, 2.45) is 0 Å². The molecule has 22 fully saturated rings. The van der Waals surface area contributed by atoms with Gasteiger partial charge in [-0.2, -0.15) is 0 Å². The molecule has 22 aliphatic heterocycles. The lowest BCUT2D eigenvalue weighted by molar-refractivity contribution is -0.404. The molecular formula is C42H65NO33. The number of hydrogen-bond donors (Lipinski definition) is 19. The Labute approximate surface area is 428 Å². The molecule has 0 aliphatic carbocycles. The summed E-state index contributed by atoms with van der Waals surface area (Å²) in [6.45, 7) is -5.99. The Morgan fingerprint density at radius 3 is 0.632 bits per heavy atom. The molecule has 34 nitrogen and oxygen atoms in total. The zero-order valence-corrected chi connectivity index (χ0v) is 39.5. The summed E-state index contributed by atoms with van der Waals surface area (Å²) in [4.78, 5) is 9.52. The molecule has 12 bridgehead atoms. The van der Waals surface area contributed by atoms with E-state index in [1.54, 1.807) is 0 Å². The van der Waals surface area contributed by atoms with Crippen LogP contribution in [0.3, 0.4) is 0 Å². The molecule has 0 aromatic heterocycles. The number of nitro groups is 1. The smallest absolute Gasteiger partial charge is 0.269 e. The summed E-state index contributed by atoms with van der Waals surface area (Å²) < 4.78 is 67.9. The minimum atomic E-state index is -2.15. The van der Waals surface area contributed by atoms with Gasteiger partial charge in [0.2, 0.25) is 0 Å². The first kappa shape index (κ1) is 60.9. The molecule has 22 saturated heterocycles. The highest BCUT2D eigenvalue weighted by atomic mass is 16.8. The predicted molar refractivity (Wildman–Crippen MR) is 231 cm³/mol. The lowest BCUT2D eigenvalue weighted by Crippen LogP contribution is -2.69. The highest BCUT2D eigenvalue weighted by Crippen LogP contribution is 2.38. The van der Waals surface area contributed by atoms with Crippen LogP contribution in [0.2, 0.25) is 0 Å². The van der Waals surface area contributed by atoms with E-state index in [0.29, 0.717) is 0 Å². The van der Waals surface area contributed by atoms with Crippen LogP contribution in [0.4, 0.5) is 5.69 Å². The first-order valence-electron chi connectivity index (χ1n) is 23.7. The summed E-state index contributed by atoms with van der Waals surface area (Å²) >= 11 is 0. The molecule has 436 valence electrons. The van der Waals surface area contributed by atoms with Gasteiger partial charge >= 0.3 is 0 Å². The van der Waals surface area contributed by atoms with E-state index in [4.69, 9.17) is 61.9 Å². The van der Waals surface area contributed by atoms with Crippen molar-refractivity contribution < 1.29 is 159 Å². The van der Waals surface area contributed by atoms with Gasteiger partial charge in [0.15, 0.2) is 37.7 Å². The summed E-state index contributed by atoms with van der Waals surface area (Å²) in [7, 11) is 0. The van der Waals surface area contributed by atoms with E-state index in [1.165, 1.54) is 24.3 Å². The number of phenols is 1. The number of aliphatic hydroxyl groups is 18. The Balaban J connectivity index is 0.000000754. The number of nitrogens with zero attached hydrogens (tertiary/aromatic N) is 1. The van der Waals surface area contributed by atoms with Crippen molar-refractivity contribution in [3.63, 3.8) is 0 Å². The highest BCUT2D eigenvalue weighted by molar-refractivity contribution is 5.35. The summed E-state index contributed by atoms with van der Waals surface area (Å²) in [5, 5.41) is 214. The van der Waals surface area contributed by atoms with E-state index in [-0.39, 0.29) is 11.4 Å². The van der Waals surface area contributed by atoms with Crippen LogP contribution in [0.1, 0.15) is 0 Å². The summed E-state index contributed by atoms with van der Waals surface area (Å²) in [6, 6.07) is 5.04. The number of non-ortho nitro benzene ring substituents is 1. The lowest BCUT2D eigenvalue weighted by atomic mass is 9.94. The Hall–Kier alpha value is -2.78. The van der Waals surface area contributed by atoms with E-state index in [2.05, 4.69) is 0 Å². The van der Waals surface area contributed by atoms with Crippen molar-refractivity contribution >= 4 is 5.69 Å². The first-order chi connectivity index (χ1) is 36.1. The van der Waals surface area contributed by atoms with Crippen LogP contribution in [0.15, 0.2) is 24.3 Å². The SMILES string of the molecule is O=[N+]([O-])c1ccc(O)cc1.OC[C@H]1O[C@@H]2O[C@H]3[C@H](O)[C@@H](O)[C@@H](O[C@H]4[C@H](O)[C@@H](O)[C@@H](O[C@H]5[C@H](O)[C@@H](O)[C@@H](O[C@H]6[C@H](O)[C@@H](O)[C@@H](O[C@H]7[C@H](O)[C@@H](O)[C@@H](O[C@H]1[C@H](O)[C@H]2O)O[C@@H]7CO)O[C@@H]6CO)O[C@@H]5CO)O[C@@H]4CO)O[C@@H]3CO. The molecule has 0 unspecified atom stereocenters. The second-order valence-electron chi connectivity index (χ2n) is 18.6. The second-order valence-corrected chi connectivity index (χ2v) is 18.6. The molecule has 0 saturated carbocycles. The molecule has 22 heterocycles. The van der Waals surface area contributed by atoms with Crippen LogP contribution in [0.5, 0.6) is 5.75 Å². The molecule has 1 aromatic carbocycles. The zero-order chi connectivity index (χ0) is 55.6. The van der Waals surface area contributed by atoms with Gasteiger partial charge in [0.1, 0.15) is 152 Å². The third kappa shape index (κ3) is 12.6. The fourth-order valence-corrected chi connectivity index (χ4v) is 9.50. The van der Waals surface area contributed by atoms with Crippen LogP contribution >= 0.6 is 0 Å².